The molecule has 1 heterocycles. The average molecular weight is 282 g/mol. The normalized spacial score (nSPS) is 12.4. The Labute approximate surface area is 115 Å². The van der Waals surface area contributed by atoms with E-state index in [2.05, 4.69) is 27.8 Å². The summed E-state index contributed by atoms with van der Waals surface area (Å²) in [5, 5.41) is 13.5. The maximum absolute atomic E-state index is 13.0. The van der Waals surface area contributed by atoms with Crippen LogP contribution in [0, 0.1) is 11.6 Å². The van der Waals surface area contributed by atoms with Gasteiger partial charge in [0.1, 0.15) is 11.6 Å². The third kappa shape index (κ3) is 3.74. The lowest BCUT2D eigenvalue weighted by atomic mass is 10.3. The first kappa shape index (κ1) is 14.4. The number of benzene rings is 1. The molecule has 2 aromatic rings. The average Bonchev–Trinajstić information content (AvgIpc) is 2.83. The summed E-state index contributed by atoms with van der Waals surface area (Å²) in [5.41, 5.74) is 0.215. The molecule has 2 rings (SSSR count). The van der Waals surface area contributed by atoms with E-state index in [1.807, 2.05) is 6.92 Å². The van der Waals surface area contributed by atoms with Gasteiger partial charge in [0.25, 0.3) is 0 Å². The van der Waals surface area contributed by atoms with Crippen LogP contribution in [0.3, 0.4) is 0 Å². The molecule has 5 nitrogen and oxygen atoms in total. The van der Waals surface area contributed by atoms with Crippen molar-refractivity contribution in [2.24, 2.45) is 0 Å². The predicted molar refractivity (Wildman–Crippen MR) is 70.6 cm³/mol. The number of halogens is 2. The Bertz CT molecular complexity index is 553. The van der Waals surface area contributed by atoms with Crippen molar-refractivity contribution in [2.75, 3.05) is 11.9 Å². The molecular formula is C13H16F2N4O. The van der Waals surface area contributed by atoms with Gasteiger partial charge in [-0.05, 0) is 32.0 Å². The van der Waals surface area contributed by atoms with E-state index >= 15 is 0 Å². The zero-order valence-electron chi connectivity index (χ0n) is 11.3. The summed E-state index contributed by atoms with van der Waals surface area (Å²) in [6.45, 7) is 4.79. The highest BCUT2D eigenvalue weighted by molar-refractivity contribution is 5.51. The molecule has 0 aliphatic heterocycles. The Balaban J connectivity index is 2.05. The molecule has 0 spiro atoms. The SMILES string of the molecule is CCCNC(C)c1nnc(Nc2cc(F)cc(F)c2)o1. The first-order valence-corrected chi connectivity index (χ1v) is 6.38. The quantitative estimate of drug-likeness (QED) is 0.852. The Morgan fingerprint density at radius 3 is 2.55 bits per heavy atom. The molecule has 20 heavy (non-hydrogen) atoms. The van der Waals surface area contributed by atoms with Crippen molar-refractivity contribution < 1.29 is 13.2 Å². The van der Waals surface area contributed by atoms with Crippen LogP contribution in [-0.4, -0.2) is 16.7 Å². The molecule has 7 heteroatoms. The van der Waals surface area contributed by atoms with Gasteiger partial charge in [0, 0.05) is 11.8 Å². The summed E-state index contributed by atoms with van der Waals surface area (Å²) in [6.07, 6.45) is 0.992. The predicted octanol–water partition coefficient (Wildman–Crippen LogP) is 3.15. The van der Waals surface area contributed by atoms with Crippen molar-refractivity contribution in [3.8, 4) is 0 Å². The van der Waals surface area contributed by atoms with Gasteiger partial charge in [-0.25, -0.2) is 8.78 Å². The van der Waals surface area contributed by atoms with E-state index in [0.29, 0.717) is 5.89 Å². The molecule has 2 N–H and O–H groups in total. The summed E-state index contributed by atoms with van der Waals surface area (Å²) in [7, 11) is 0. The fraction of sp³-hybridized carbons (Fsp3) is 0.385. The molecule has 0 bridgehead atoms. The van der Waals surface area contributed by atoms with Crippen LogP contribution >= 0.6 is 0 Å². The molecule has 0 saturated heterocycles. The molecule has 1 aromatic carbocycles. The zero-order chi connectivity index (χ0) is 14.5. The highest BCUT2D eigenvalue weighted by atomic mass is 19.1. The van der Waals surface area contributed by atoms with Crippen molar-refractivity contribution in [3.05, 3.63) is 35.7 Å². The standard InChI is InChI=1S/C13H16F2N4O/c1-3-4-16-8(2)12-18-19-13(20-12)17-11-6-9(14)5-10(15)7-11/h5-8,16H,3-4H2,1-2H3,(H,17,19). The fourth-order valence-electron chi connectivity index (χ4n) is 1.66. The van der Waals surface area contributed by atoms with Gasteiger partial charge in [-0.15, -0.1) is 5.10 Å². The summed E-state index contributed by atoms with van der Waals surface area (Å²) in [4.78, 5) is 0. The monoisotopic (exact) mass is 282 g/mol. The van der Waals surface area contributed by atoms with Crippen LogP contribution in [0.1, 0.15) is 32.2 Å². The molecule has 1 atom stereocenters. The van der Waals surface area contributed by atoms with Crippen LogP contribution < -0.4 is 10.6 Å². The van der Waals surface area contributed by atoms with E-state index in [4.69, 9.17) is 4.42 Å². The van der Waals surface area contributed by atoms with Gasteiger partial charge in [0.15, 0.2) is 0 Å². The number of aromatic nitrogens is 2. The van der Waals surface area contributed by atoms with E-state index in [0.717, 1.165) is 31.2 Å². The second kappa shape index (κ2) is 6.42. The van der Waals surface area contributed by atoms with Crippen LogP contribution in [0.4, 0.5) is 20.5 Å². The number of nitrogens with zero attached hydrogens (tertiary/aromatic N) is 2. The van der Waals surface area contributed by atoms with Crippen molar-refractivity contribution in [1.82, 2.24) is 15.5 Å². The van der Waals surface area contributed by atoms with Crippen LogP contribution in [0.2, 0.25) is 0 Å². The molecule has 0 saturated carbocycles. The zero-order valence-corrected chi connectivity index (χ0v) is 11.3. The molecule has 0 aliphatic rings. The maximum atomic E-state index is 13.0. The largest absolute Gasteiger partial charge is 0.406 e. The summed E-state index contributed by atoms with van der Waals surface area (Å²) < 4.78 is 31.5. The Morgan fingerprint density at radius 1 is 1.20 bits per heavy atom. The van der Waals surface area contributed by atoms with Gasteiger partial charge in [0.2, 0.25) is 5.89 Å². The van der Waals surface area contributed by atoms with E-state index in [-0.39, 0.29) is 17.7 Å². The van der Waals surface area contributed by atoms with Crippen LogP contribution in [-0.2, 0) is 0 Å². The lowest BCUT2D eigenvalue weighted by Crippen LogP contribution is -2.19. The van der Waals surface area contributed by atoms with E-state index in [1.54, 1.807) is 0 Å². The van der Waals surface area contributed by atoms with Gasteiger partial charge in [-0.3, -0.25) is 0 Å². The first-order chi connectivity index (χ1) is 9.58. The molecule has 0 aliphatic carbocycles. The van der Waals surface area contributed by atoms with Gasteiger partial charge >= 0.3 is 6.01 Å². The number of nitrogens with one attached hydrogen (secondary N) is 2. The molecular weight excluding hydrogens is 266 g/mol. The third-order valence-electron chi connectivity index (χ3n) is 2.63. The minimum absolute atomic E-state index is 0.0813. The van der Waals surface area contributed by atoms with E-state index < -0.39 is 11.6 Å². The van der Waals surface area contributed by atoms with Gasteiger partial charge in [-0.2, -0.15) is 0 Å². The molecule has 108 valence electrons. The first-order valence-electron chi connectivity index (χ1n) is 6.38. The number of rotatable bonds is 6. The lowest BCUT2D eigenvalue weighted by molar-refractivity contribution is 0.424. The summed E-state index contributed by atoms with van der Waals surface area (Å²) >= 11 is 0. The van der Waals surface area contributed by atoms with Crippen molar-refractivity contribution in [3.63, 3.8) is 0 Å². The smallest absolute Gasteiger partial charge is 0.320 e. The van der Waals surface area contributed by atoms with Gasteiger partial charge in [0.05, 0.1) is 6.04 Å². The van der Waals surface area contributed by atoms with Crippen molar-refractivity contribution >= 4 is 11.7 Å². The third-order valence-corrected chi connectivity index (χ3v) is 2.63. The number of anilines is 2. The fourth-order valence-corrected chi connectivity index (χ4v) is 1.66. The lowest BCUT2D eigenvalue weighted by Gasteiger charge is -2.07. The van der Waals surface area contributed by atoms with Crippen molar-refractivity contribution in [1.29, 1.82) is 0 Å². The second-order valence-corrected chi connectivity index (χ2v) is 4.40. The molecule has 0 radical (unpaired) electrons. The van der Waals surface area contributed by atoms with Crippen LogP contribution in [0.5, 0.6) is 0 Å². The topological polar surface area (TPSA) is 63.0 Å². The summed E-state index contributed by atoms with van der Waals surface area (Å²) in [5.74, 6) is -0.937. The second-order valence-electron chi connectivity index (χ2n) is 4.40. The Morgan fingerprint density at radius 2 is 1.90 bits per heavy atom. The minimum atomic E-state index is -0.676. The van der Waals surface area contributed by atoms with Crippen LogP contribution in [0.25, 0.3) is 0 Å². The van der Waals surface area contributed by atoms with Gasteiger partial charge in [-0.1, -0.05) is 12.0 Å². The highest BCUT2D eigenvalue weighted by Gasteiger charge is 2.13. The molecule has 1 unspecified atom stereocenters. The molecule has 0 amide bonds. The maximum Gasteiger partial charge on any atom is 0.320 e. The number of hydrogen-bond donors (Lipinski definition) is 2. The number of hydrogen-bond acceptors (Lipinski definition) is 5. The summed E-state index contributed by atoms with van der Waals surface area (Å²) in [6, 6.07) is 3.09. The molecule has 1 aromatic heterocycles. The van der Waals surface area contributed by atoms with E-state index in [9.17, 15) is 8.78 Å². The minimum Gasteiger partial charge on any atom is -0.406 e. The molecule has 0 fully saturated rings. The van der Waals surface area contributed by atoms with E-state index in [1.165, 1.54) is 0 Å². The van der Waals surface area contributed by atoms with Crippen molar-refractivity contribution in [2.45, 2.75) is 26.3 Å². The van der Waals surface area contributed by atoms with Gasteiger partial charge < -0.3 is 15.1 Å². The Hall–Kier alpha value is -2.02. The highest BCUT2D eigenvalue weighted by Crippen LogP contribution is 2.20. The Kier molecular flexibility index (Phi) is 4.62. The van der Waals surface area contributed by atoms with Crippen LogP contribution in [0.15, 0.2) is 22.6 Å².